The molecule has 0 bridgehead atoms. The first kappa shape index (κ1) is 15.0. The lowest BCUT2D eigenvalue weighted by molar-refractivity contribution is -0.141. The fourth-order valence-corrected chi connectivity index (χ4v) is 2.73. The molecule has 1 amide bonds. The van der Waals surface area contributed by atoms with Gasteiger partial charge in [-0.3, -0.25) is 14.6 Å². The molecule has 7 nitrogen and oxygen atoms in total. The molecule has 118 valence electrons. The Balaban J connectivity index is 1.91. The Kier molecular flexibility index (Phi) is 3.92. The van der Waals surface area contributed by atoms with E-state index in [2.05, 4.69) is 9.97 Å². The summed E-state index contributed by atoms with van der Waals surface area (Å²) < 4.78 is 0. The number of aromatic amines is 1. The Hall–Kier alpha value is -2.96. The highest BCUT2D eigenvalue weighted by atomic mass is 16.4. The van der Waals surface area contributed by atoms with Crippen LogP contribution < -0.4 is 5.56 Å². The predicted molar refractivity (Wildman–Crippen MR) is 82.0 cm³/mol. The van der Waals surface area contributed by atoms with Crippen molar-refractivity contribution in [1.82, 2.24) is 14.9 Å². The summed E-state index contributed by atoms with van der Waals surface area (Å²) in [6.45, 7) is 0.344. The third-order valence-corrected chi connectivity index (χ3v) is 3.88. The van der Waals surface area contributed by atoms with Gasteiger partial charge in [0, 0.05) is 12.7 Å². The van der Waals surface area contributed by atoms with Gasteiger partial charge in [-0.25, -0.2) is 4.79 Å². The maximum atomic E-state index is 12.5. The van der Waals surface area contributed by atoms with Crippen molar-refractivity contribution in [3.63, 3.8) is 0 Å². The van der Waals surface area contributed by atoms with Gasteiger partial charge in [0.25, 0.3) is 11.5 Å². The molecule has 0 saturated carbocycles. The van der Waals surface area contributed by atoms with Crippen molar-refractivity contribution in [3.05, 3.63) is 52.4 Å². The quantitative estimate of drug-likeness (QED) is 0.884. The summed E-state index contributed by atoms with van der Waals surface area (Å²) in [5.41, 5.74) is 0.489. The number of pyridine rings is 2. The summed E-state index contributed by atoms with van der Waals surface area (Å²) in [4.78, 5) is 43.9. The van der Waals surface area contributed by atoms with Gasteiger partial charge in [0.15, 0.2) is 0 Å². The Morgan fingerprint density at radius 1 is 1.26 bits per heavy atom. The molecule has 1 saturated heterocycles. The molecule has 3 heterocycles. The van der Waals surface area contributed by atoms with Crippen LogP contribution in [0.1, 0.15) is 23.2 Å². The first-order valence-corrected chi connectivity index (χ1v) is 7.26. The number of nitrogens with zero attached hydrogens (tertiary/aromatic N) is 2. The number of aromatic nitrogens is 2. The summed E-state index contributed by atoms with van der Waals surface area (Å²) in [7, 11) is 0. The second-order valence-corrected chi connectivity index (χ2v) is 5.32. The number of amides is 1. The van der Waals surface area contributed by atoms with Crippen LogP contribution in [0.4, 0.5) is 0 Å². The molecule has 2 N–H and O–H groups in total. The number of aliphatic carboxylic acids is 1. The van der Waals surface area contributed by atoms with Gasteiger partial charge >= 0.3 is 5.97 Å². The highest BCUT2D eigenvalue weighted by Crippen LogP contribution is 2.20. The van der Waals surface area contributed by atoms with Gasteiger partial charge in [-0.1, -0.05) is 6.07 Å². The van der Waals surface area contributed by atoms with Gasteiger partial charge in [0.2, 0.25) is 0 Å². The maximum absolute atomic E-state index is 12.5. The standard InChI is InChI=1S/C16H15N3O4/c20-14-10(15(21)19-9-3-5-13(19)16(22)23)6-7-12(18-14)11-4-1-2-8-17-11/h1-2,4,6-8,13H,3,5,9H2,(H,18,20)(H,22,23)/t13-/m0/s1. The lowest BCUT2D eigenvalue weighted by Crippen LogP contribution is -2.42. The Morgan fingerprint density at radius 2 is 2.09 bits per heavy atom. The van der Waals surface area contributed by atoms with E-state index in [1.54, 1.807) is 30.5 Å². The third-order valence-electron chi connectivity index (χ3n) is 3.88. The molecule has 2 aromatic rings. The van der Waals surface area contributed by atoms with E-state index in [1.165, 1.54) is 11.0 Å². The van der Waals surface area contributed by atoms with Crippen LogP contribution in [-0.2, 0) is 4.79 Å². The number of carbonyl (C=O) groups is 2. The average molecular weight is 313 g/mol. The normalized spacial score (nSPS) is 17.2. The van der Waals surface area contributed by atoms with Gasteiger partial charge < -0.3 is 15.0 Å². The van der Waals surface area contributed by atoms with Crippen LogP contribution in [0.25, 0.3) is 11.4 Å². The number of hydrogen-bond donors (Lipinski definition) is 2. The number of H-pyrrole nitrogens is 1. The van der Waals surface area contributed by atoms with Crippen LogP contribution in [0.15, 0.2) is 41.3 Å². The molecule has 0 aromatic carbocycles. The number of nitrogens with one attached hydrogen (secondary N) is 1. The maximum Gasteiger partial charge on any atom is 0.326 e. The molecule has 3 rings (SSSR count). The molecule has 0 aliphatic carbocycles. The number of carboxylic acids is 1. The Labute approximate surface area is 131 Å². The zero-order chi connectivity index (χ0) is 16.4. The monoisotopic (exact) mass is 313 g/mol. The molecule has 1 aliphatic heterocycles. The topological polar surface area (TPSA) is 103 Å². The molecule has 1 aliphatic rings. The molecular weight excluding hydrogens is 298 g/mol. The minimum Gasteiger partial charge on any atom is -0.480 e. The van der Waals surface area contributed by atoms with E-state index >= 15 is 0 Å². The van der Waals surface area contributed by atoms with Gasteiger partial charge in [-0.05, 0) is 37.1 Å². The van der Waals surface area contributed by atoms with Crippen molar-refractivity contribution in [3.8, 4) is 11.4 Å². The lowest BCUT2D eigenvalue weighted by atomic mass is 10.1. The van der Waals surface area contributed by atoms with Gasteiger partial charge in [-0.15, -0.1) is 0 Å². The Morgan fingerprint density at radius 3 is 2.74 bits per heavy atom. The van der Waals surface area contributed by atoms with Crippen molar-refractivity contribution >= 4 is 11.9 Å². The van der Waals surface area contributed by atoms with Crippen LogP contribution in [0.3, 0.4) is 0 Å². The smallest absolute Gasteiger partial charge is 0.326 e. The first-order valence-electron chi connectivity index (χ1n) is 7.26. The first-order chi connectivity index (χ1) is 11.1. The van der Waals surface area contributed by atoms with Crippen LogP contribution in [0.2, 0.25) is 0 Å². The van der Waals surface area contributed by atoms with Crippen LogP contribution in [0, 0.1) is 0 Å². The highest BCUT2D eigenvalue weighted by molar-refractivity contribution is 5.96. The number of likely N-dealkylation sites (tertiary alicyclic amines) is 1. The predicted octanol–water partition coefficient (Wildman–Crippen LogP) is 1.13. The van der Waals surface area contributed by atoms with Crippen molar-refractivity contribution < 1.29 is 14.7 Å². The van der Waals surface area contributed by atoms with E-state index in [4.69, 9.17) is 5.11 Å². The summed E-state index contributed by atoms with van der Waals surface area (Å²) >= 11 is 0. The van der Waals surface area contributed by atoms with E-state index in [-0.39, 0.29) is 5.56 Å². The minimum absolute atomic E-state index is 0.0576. The van der Waals surface area contributed by atoms with Gasteiger partial charge in [0.1, 0.15) is 11.6 Å². The summed E-state index contributed by atoms with van der Waals surface area (Å²) in [5, 5.41) is 9.15. The third kappa shape index (κ3) is 2.85. The summed E-state index contributed by atoms with van der Waals surface area (Å²) in [6.07, 6.45) is 2.63. The molecule has 0 unspecified atom stereocenters. The second-order valence-electron chi connectivity index (χ2n) is 5.32. The number of rotatable bonds is 3. The molecule has 1 atom stereocenters. The zero-order valence-corrected chi connectivity index (χ0v) is 12.2. The van der Waals surface area contributed by atoms with Gasteiger partial charge in [-0.2, -0.15) is 0 Å². The van der Waals surface area contributed by atoms with Crippen molar-refractivity contribution in [2.45, 2.75) is 18.9 Å². The number of carboxylic acid groups (broad SMARTS) is 1. The van der Waals surface area contributed by atoms with Crippen LogP contribution in [0.5, 0.6) is 0 Å². The number of carbonyl (C=O) groups excluding carboxylic acids is 1. The van der Waals surface area contributed by atoms with E-state index in [0.29, 0.717) is 30.8 Å². The lowest BCUT2D eigenvalue weighted by Gasteiger charge is -2.21. The van der Waals surface area contributed by atoms with Gasteiger partial charge in [0.05, 0.1) is 11.4 Å². The Bertz CT molecular complexity index is 800. The molecule has 0 spiro atoms. The second kappa shape index (κ2) is 6.04. The molecule has 2 aromatic heterocycles. The zero-order valence-electron chi connectivity index (χ0n) is 12.2. The minimum atomic E-state index is -1.04. The molecule has 1 fully saturated rings. The van der Waals surface area contributed by atoms with Crippen LogP contribution >= 0.6 is 0 Å². The van der Waals surface area contributed by atoms with E-state index in [1.807, 2.05) is 0 Å². The summed E-state index contributed by atoms with van der Waals surface area (Å²) in [6, 6.07) is 7.46. The molecule has 0 radical (unpaired) electrons. The highest BCUT2D eigenvalue weighted by Gasteiger charge is 2.35. The van der Waals surface area contributed by atoms with Crippen molar-refractivity contribution in [1.29, 1.82) is 0 Å². The van der Waals surface area contributed by atoms with Crippen molar-refractivity contribution in [2.75, 3.05) is 6.54 Å². The average Bonchev–Trinajstić information content (AvgIpc) is 3.05. The summed E-state index contributed by atoms with van der Waals surface area (Å²) in [5.74, 6) is -1.60. The molecular formula is C16H15N3O4. The fourth-order valence-electron chi connectivity index (χ4n) is 2.73. The molecule has 23 heavy (non-hydrogen) atoms. The van der Waals surface area contributed by atoms with E-state index in [0.717, 1.165) is 0 Å². The van der Waals surface area contributed by atoms with Crippen LogP contribution in [-0.4, -0.2) is 44.4 Å². The SMILES string of the molecule is O=C(O)[C@@H]1CCCN1C(=O)c1ccc(-c2ccccn2)[nH]c1=O. The molecule has 7 heteroatoms. The van der Waals surface area contributed by atoms with E-state index in [9.17, 15) is 14.4 Å². The van der Waals surface area contributed by atoms with Crippen molar-refractivity contribution in [2.24, 2.45) is 0 Å². The number of hydrogen-bond acceptors (Lipinski definition) is 4. The fraction of sp³-hybridized carbons (Fsp3) is 0.250. The largest absolute Gasteiger partial charge is 0.480 e. The van der Waals surface area contributed by atoms with E-state index < -0.39 is 23.5 Å².